The van der Waals surface area contributed by atoms with Crippen molar-refractivity contribution in [1.29, 1.82) is 0 Å². The van der Waals surface area contributed by atoms with E-state index in [9.17, 15) is 4.39 Å². The molecular weight excluding hydrogens is 291 g/mol. The number of alkyl halides is 1. The molecule has 2 rings (SSSR count). The van der Waals surface area contributed by atoms with Gasteiger partial charge in [0.15, 0.2) is 0 Å². The minimum Gasteiger partial charge on any atom is -0.206 e. The standard InChI is InChI=1S/C16H16BrF/c1-10-7-8-13(9-12(10)3)15(17)14-6-4-5-11(2)16(14)18/h4-9,15H,1-3H3. The summed E-state index contributed by atoms with van der Waals surface area (Å²) in [5.41, 5.74) is 4.94. The molecule has 0 spiro atoms. The summed E-state index contributed by atoms with van der Waals surface area (Å²) in [7, 11) is 0. The summed E-state index contributed by atoms with van der Waals surface area (Å²) in [5, 5.41) is 0. The zero-order chi connectivity index (χ0) is 13.3. The normalized spacial score (nSPS) is 12.5. The third-order valence-corrected chi connectivity index (χ3v) is 4.34. The van der Waals surface area contributed by atoms with Gasteiger partial charge in [0, 0.05) is 5.56 Å². The molecule has 0 aliphatic heterocycles. The molecule has 2 heteroatoms. The van der Waals surface area contributed by atoms with Crippen molar-refractivity contribution in [2.75, 3.05) is 0 Å². The van der Waals surface area contributed by atoms with Crippen LogP contribution in [0.4, 0.5) is 4.39 Å². The van der Waals surface area contributed by atoms with E-state index in [-0.39, 0.29) is 10.6 Å². The zero-order valence-corrected chi connectivity index (χ0v) is 12.4. The third kappa shape index (κ3) is 2.49. The second kappa shape index (κ2) is 5.23. The van der Waals surface area contributed by atoms with Crippen molar-refractivity contribution in [2.45, 2.75) is 25.6 Å². The minimum atomic E-state index is -0.127. The highest BCUT2D eigenvalue weighted by Gasteiger charge is 2.16. The predicted molar refractivity (Wildman–Crippen MR) is 77.8 cm³/mol. The average molecular weight is 307 g/mol. The molecule has 0 saturated carbocycles. The first-order valence-electron chi connectivity index (χ1n) is 5.97. The molecule has 94 valence electrons. The summed E-state index contributed by atoms with van der Waals surface area (Å²) in [4.78, 5) is -0.100. The molecule has 2 aromatic rings. The summed E-state index contributed by atoms with van der Waals surface area (Å²) in [6.45, 7) is 5.94. The van der Waals surface area contributed by atoms with Crippen LogP contribution in [0.5, 0.6) is 0 Å². The Hall–Kier alpha value is -1.15. The van der Waals surface area contributed by atoms with Crippen LogP contribution in [0.1, 0.15) is 32.6 Å². The highest BCUT2D eigenvalue weighted by Crippen LogP contribution is 2.33. The summed E-state index contributed by atoms with van der Waals surface area (Å²) >= 11 is 3.60. The van der Waals surface area contributed by atoms with Crippen LogP contribution in [0.25, 0.3) is 0 Å². The average Bonchev–Trinajstić information content (AvgIpc) is 2.35. The molecule has 0 N–H and O–H groups in total. The summed E-state index contributed by atoms with van der Waals surface area (Å²) in [6.07, 6.45) is 0. The first-order valence-corrected chi connectivity index (χ1v) is 6.88. The topological polar surface area (TPSA) is 0 Å². The Morgan fingerprint density at radius 2 is 1.67 bits per heavy atom. The van der Waals surface area contributed by atoms with Gasteiger partial charge >= 0.3 is 0 Å². The van der Waals surface area contributed by atoms with Crippen LogP contribution in [0, 0.1) is 26.6 Å². The Morgan fingerprint density at radius 1 is 0.944 bits per heavy atom. The van der Waals surface area contributed by atoms with Crippen molar-refractivity contribution in [3.63, 3.8) is 0 Å². The Labute approximate surface area is 116 Å². The molecule has 0 aliphatic carbocycles. The molecule has 1 atom stereocenters. The zero-order valence-electron chi connectivity index (χ0n) is 10.8. The Balaban J connectivity index is 2.44. The van der Waals surface area contributed by atoms with Crippen LogP contribution in [-0.2, 0) is 0 Å². The maximum atomic E-state index is 14.1. The van der Waals surface area contributed by atoms with Crippen molar-refractivity contribution >= 4 is 15.9 Å². The van der Waals surface area contributed by atoms with E-state index >= 15 is 0 Å². The van der Waals surface area contributed by atoms with Gasteiger partial charge in [0.1, 0.15) is 5.82 Å². The largest absolute Gasteiger partial charge is 0.206 e. The van der Waals surface area contributed by atoms with Gasteiger partial charge in [-0.25, -0.2) is 4.39 Å². The van der Waals surface area contributed by atoms with E-state index in [4.69, 9.17) is 0 Å². The van der Waals surface area contributed by atoms with Crippen molar-refractivity contribution in [2.24, 2.45) is 0 Å². The van der Waals surface area contributed by atoms with Gasteiger partial charge in [0.2, 0.25) is 0 Å². The Bertz CT molecular complexity index is 575. The van der Waals surface area contributed by atoms with Gasteiger partial charge in [-0.2, -0.15) is 0 Å². The monoisotopic (exact) mass is 306 g/mol. The number of aryl methyl sites for hydroxylation is 3. The second-order valence-corrected chi connectivity index (χ2v) is 5.60. The molecule has 0 saturated heterocycles. The molecule has 0 aromatic heterocycles. The molecule has 0 aliphatic rings. The van der Waals surface area contributed by atoms with Crippen molar-refractivity contribution in [3.8, 4) is 0 Å². The van der Waals surface area contributed by atoms with Crippen LogP contribution in [0.2, 0.25) is 0 Å². The summed E-state index contributed by atoms with van der Waals surface area (Å²) in [5.74, 6) is -0.127. The fourth-order valence-corrected chi connectivity index (χ4v) is 2.61. The molecule has 0 fully saturated rings. The van der Waals surface area contributed by atoms with Gasteiger partial charge in [0.05, 0.1) is 4.83 Å². The van der Waals surface area contributed by atoms with E-state index in [1.165, 1.54) is 11.1 Å². The molecule has 1 unspecified atom stereocenters. The first-order chi connectivity index (χ1) is 8.50. The Morgan fingerprint density at radius 3 is 2.33 bits per heavy atom. The van der Waals surface area contributed by atoms with E-state index in [1.807, 2.05) is 18.2 Å². The second-order valence-electron chi connectivity index (χ2n) is 4.68. The smallest absolute Gasteiger partial charge is 0.130 e. The van der Waals surface area contributed by atoms with Gasteiger partial charge in [-0.15, -0.1) is 0 Å². The Kier molecular flexibility index (Phi) is 3.86. The number of rotatable bonds is 2. The summed E-state index contributed by atoms with van der Waals surface area (Å²) in [6, 6.07) is 11.7. The number of benzene rings is 2. The fraction of sp³-hybridized carbons (Fsp3) is 0.250. The van der Waals surface area contributed by atoms with Crippen LogP contribution in [0.3, 0.4) is 0 Å². The maximum absolute atomic E-state index is 14.1. The minimum absolute atomic E-state index is 0.100. The van der Waals surface area contributed by atoms with E-state index < -0.39 is 0 Å². The lowest BCUT2D eigenvalue weighted by Gasteiger charge is -2.14. The van der Waals surface area contributed by atoms with E-state index in [1.54, 1.807) is 13.0 Å². The van der Waals surface area contributed by atoms with Gasteiger partial charge in [-0.05, 0) is 43.0 Å². The SMILES string of the molecule is Cc1ccc(C(Br)c2cccc(C)c2F)cc1C. The highest BCUT2D eigenvalue weighted by molar-refractivity contribution is 9.09. The van der Waals surface area contributed by atoms with Crippen molar-refractivity contribution in [1.82, 2.24) is 0 Å². The van der Waals surface area contributed by atoms with Crippen molar-refractivity contribution < 1.29 is 4.39 Å². The number of hydrogen-bond acceptors (Lipinski definition) is 0. The fourth-order valence-electron chi connectivity index (χ4n) is 1.97. The molecule has 18 heavy (non-hydrogen) atoms. The lowest BCUT2D eigenvalue weighted by atomic mass is 9.99. The van der Waals surface area contributed by atoms with E-state index in [2.05, 4.69) is 41.9 Å². The van der Waals surface area contributed by atoms with Gasteiger partial charge in [-0.1, -0.05) is 52.3 Å². The highest BCUT2D eigenvalue weighted by atomic mass is 79.9. The lowest BCUT2D eigenvalue weighted by Crippen LogP contribution is -1.99. The van der Waals surface area contributed by atoms with Gasteiger partial charge in [-0.3, -0.25) is 0 Å². The molecule has 2 aromatic carbocycles. The van der Waals surface area contributed by atoms with Crippen LogP contribution >= 0.6 is 15.9 Å². The maximum Gasteiger partial charge on any atom is 0.130 e. The summed E-state index contributed by atoms with van der Waals surface area (Å²) < 4.78 is 14.1. The van der Waals surface area contributed by atoms with Crippen LogP contribution < -0.4 is 0 Å². The predicted octanol–water partition coefficient (Wildman–Crippen LogP) is 5.24. The molecular formula is C16H16BrF. The number of halogens is 2. The lowest BCUT2D eigenvalue weighted by molar-refractivity contribution is 0.604. The molecule has 0 bridgehead atoms. The third-order valence-electron chi connectivity index (χ3n) is 3.32. The van der Waals surface area contributed by atoms with E-state index in [0.29, 0.717) is 11.1 Å². The molecule has 0 radical (unpaired) electrons. The number of hydrogen-bond donors (Lipinski definition) is 0. The molecule has 0 amide bonds. The quantitative estimate of drug-likeness (QED) is 0.666. The van der Waals surface area contributed by atoms with Crippen molar-refractivity contribution in [3.05, 3.63) is 70.0 Å². The van der Waals surface area contributed by atoms with Gasteiger partial charge in [0.25, 0.3) is 0 Å². The van der Waals surface area contributed by atoms with E-state index in [0.717, 1.165) is 5.56 Å². The molecule has 0 heterocycles. The van der Waals surface area contributed by atoms with Gasteiger partial charge < -0.3 is 0 Å². The van der Waals surface area contributed by atoms with Crippen LogP contribution in [-0.4, -0.2) is 0 Å². The molecule has 0 nitrogen and oxygen atoms in total. The van der Waals surface area contributed by atoms with Crippen LogP contribution in [0.15, 0.2) is 36.4 Å². The first kappa shape index (κ1) is 13.3.